The average Bonchev–Trinajstić information content (AvgIpc) is 2.66. The molecule has 5 heteroatoms. The van der Waals surface area contributed by atoms with Gasteiger partial charge in [0.2, 0.25) is 0 Å². The van der Waals surface area contributed by atoms with E-state index in [9.17, 15) is 9.90 Å². The second-order valence-corrected chi connectivity index (χ2v) is 9.12. The van der Waals surface area contributed by atoms with E-state index < -0.39 is 5.97 Å². The lowest BCUT2D eigenvalue weighted by Gasteiger charge is -2.42. The Labute approximate surface area is 171 Å². The van der Waals surface area contributed by atoms with Crippen LogP contribution in [0, 0.1) is 0 Å². The molecule has 0 unspecified atom stereocenters. The Morgan fingerprint density at radius 2 is 1.66 bits per heavy atom. The largest absolute Gasteiger partial charge is 0.478 e. The Morgan fingerprint density at radius 3 is 2.28 bits per heavy atom. The van der Waals surface area contributed by atoms with Crippen molar-refractivity contribution in [2.75, 3.05) is 0 Å². The molecule has 1 N–H and O–H groups in total. The summed E-state index contributed by atoms with van der Waals surface area (Å²) in [5.74, 6) is -1.05. The zero-order valence-corrected chi connectivity index (χ0v) is 17.7. The molecule has 0 atom stereocenters. The normalized spacial score (nSPS) is 17.2. The molecule has 0 aromatic heterocycles. The highest BCUT2D eigenvalue weighted by Crippen LogP contribution is 2.46. The molecule has 0 fully saturated rings. The van der Waals surface area contributed by atoms with Crippen LogP contribution in [0.25, 0.3) is 22.1 Å². The van der Waals surface area contributed by atoms with Crippen molar-refractivity contribution >= 4 is 23.3 Å². The van der Waals surface area contributed by atoms with Gasteiger partial charge in [-0.1, -0.05) is 63.2 Å². The first kappa shape index (κ1) is 20.7. The van der Waals surface area contributed by atoms with Gasteiger partial charge in [-0.05, 0) is 76.1 Å². The van der Waals surface area contributed by atoms with Crippen LogP contribution in [0.5, 0.6) is 0 Å². The molecule has 2 aromatic rings. The van der Waals surface area contributed by atoms with Crippen LogP contribution in [-0.4, -0.2) is 11.1 Å². The van der Waals surface area contributed by atoms with E-state index in [1.54, 1.807) is 6.07 Å². The van der Waals surface area contributed by atoms with Crippen molar-refractivity contribution < 1.29 is 9.90 Å². The van der Waals surface area contributed by atoms with Gasteiger partial charge in [-0.25, -0.2) is 4.79 Å². The highest BCUT2D eigenvalue weighted by molar-refractivity contribution is 5.91. The lowest BCUT2D eigenvalue weighted by Crippen LogP contribution is -2.33. The number of carboxylic acid groups (broad SMARTS) is 1. The van der Waals surface area contributed by atoms with Crippen LogP contribution in [0.15, 0.2) is 41.5 Å². The first-order valence-electron chi connectivity index (χ1n) is 9.81. The molecule has 0 saturated heterocycles. The number of allylic oxidation sites excluding steroid dienone is 1. The van der Waals surface area contributed by atoms with Crippen LogP contribution in [0.4, 0.5) is 5.69 Å². The van der Waals surface area contributed by atoms with Crippen molar-refractivity contribution in [2.24, 2.45) is 5.11 Å². The highest BCUT2D eigenvalue weighted by atomic mass is 16.4. The third kappa shape index (κ3) is 4.06. The lowest BCUT2D eigenvalue weighted by atomic mass is 9.63. The Hall–Kier alpha value is -3.04. The van der Waals surface area contributed by atoms with E-state index >= 15 is 0 Å². The molecule has 0 spiro atoms. The minimum atomic E-state index is -1.05. The fourth-order valence-electron chi connectivity index (χ4n) is 4.08. The molecule has 0 aliphatic heterocycles. The van der Waals surface area contributed by atoms with E-state index in [0.29, 0.717) is 11.3 Å². The van der Waals surface area contributed by atoms with Crippen molar-refractivity contribution in [1.82, 2.24) is 0 Å². The second-order valence-electron chi connectivity index (χ2n) is 9.12. The predicted molar refractivity (Wildman–Crippen MR) is 117 cm³/mol. The number of azide groups is 1. The fraction of sp³-hybridized carbons (Fsp3) is 0.375. The summed E-state index contributed by atoms with van der Waals surface area (Å²) in [5.41, 5.74) is 15.2. The first-order valence-corrected chi connectivity index (χ1v) is 9.81. The van der Waals surface area contributed by atoms with Gasteiger partial charge >= 0.3 is 5.97 Å². The molecule has 0 saturated carbocycles. The third-order valence-corrected chi connectivity index (χ3v) is 6.11. The van der Waals surface area contributed by atoms with Crippen molar-refractivity contribution in [3.05, 3.63) is 74.7 Å². The van der Waals surface area contributed by atoms with E-state index in [-0.39, 0.29) is 16.4 Å². The van der Waals surface area contributed by atoms with Crippen molar-refractivity contribution in [2.45, 2.75) is 58.3 Å². The van der Waals surface area contributed by atoms with Gasteiger partial charge in [0.05, 0.1) is 5.56 Å². The highest BCUT2D eigenvalue weighted by Gasteiger charge is 2.36. The number of hydrogen-bond acceptors (Lipinski definition) is 2. The minimum Gasteiger partial charge on any atom is -0.478 e. The molecule has 1 aliphatic rings. The number of benzene rings is 2. The van der Waals surface area contributed by atoms with Crippen molar-refractivity contribution in [3.63, 3.8) is 0 Å². The second kappa shape index (κ2) is 7.41. The van der Waals surface area contributed by atoms with Gasteiger partial charge in [-0.15, -0.1) is 0 Å². The van der Waals surface area contributed by atoms with Crippen LogP contribution in [-0.2, 0) is 10.8 Å². The zero-order chi connectivity index (χ0) is 21.4. The molecule has 5 nitrogen and oxygen atoms in total. The molecule has 29 heavy (non-hydrogen) atoms. The van der Waals surface area contributed by atoms with E-state index in [4.69, 9.17) is 5.53 Å². The number of rotatable bonds is 4. The maximum absolute atomic E-state index is 11.2. The van der Waals surface area contributed by atoms with Crippen LogP contribution >= 0.6 is 0 Å². The van der Waals surface area contributed by atoms with Crippen molar-refractivity contribution in [1.29, 1.82) is 0 Å². The maximum atomic E-state index is 11.2. The van der Waals surface area contributed by atoms with Gasteiger partial charge in [-0.3, -0.25) is 0 Å². The van der Waals surface area contributed by atoms with Crippen LogP contribution in [0.1, 0.15) is 80.1 Å². The molecule has 150 valence electrons. The Kier molecular flexibility index (Phi) is 5.29. The van der Waals surface area contributed by atoms with Gasteiger partial charge < -0.3 is 5.11 Å². The standard InChI is InChI=1S/C24H27N3O2/c1-15(12-17-6-7-18(22(28)29)14-21(17)26-27-25)16-8-9-19-20(13-16)24(4,5)11-10-23(19,2)3/h6-9,12-14H,10-11H2,1-5H3,(H,28,29)/b15-12+. The SMILES string of the molecule is C/C(=C\c1ccc(C(=O)O)cc1N=[N+]=[N-])c1ccc2c(c1)C(C)(C)CCC2(C)C. The molecule has 0 heterocycles. The summed E-state index contributed by atoms with van der Waals surface area (Å²) >= 11 is 0. The number of carbonyl (C=O) groups is 1. The molecular weight excluding hydrogens is 362 g/mol. The predicted octanol–water partition coefficient (Wildman–Crippen LogP) is 7.24. The van der Waals surface area contributed by atoms with E-state index in [2.05, 4.69) is 55.9 Å². The molecule has 3 rings (SSSR count). The van der Waals surface area contributed by atoms with Crippen molar-refractivity contribution in [3.8, 4) is 0 Å². The summed E-state index contributed by atoms with van der Waals surface area (Å²) in [6, 6.07) is 11.3. The van der Waals surface area contributed by atoms with Gasteiger partial charge in [0.1, 0.15) is 0 Å². The number of fused-ring (bicyclic) bond motifs is 1. The van der Waals surface area contributed by atoms with Gasteiger partial charge in [-0.2, -0.15) is 0 Å². The zero-order valence-electron chi connectivity index (χ0n) is 17.7. The van der Waals surface area contributed by atoms with Gasteiger partial charge in [0.25, 0.3) is 0 Å². The van der Waals surface area contributed by atoms with Crippen LogP contribution in [0.3, 0.4) is 0 Å². The number of nitrogens with zero attached hydrogens (tertiary/aromatic N) is 3. The number of hydrogen-bond donors (Lipinski definition) is 1. The summed E-state index contributed by atoms with van der Waals surface area (Å²) in [5, 5.41) is 12.9. The van der Waals surface area contributed by atoms with E-state index in [1.165, 1.54) is 29.7 Å². The summed E-state index contributed by atoms with van der Waals surface area (Å²) in [6.45, 7) is 11.2. The fourth-order valence-corrected chi connectivity index (χ4v) is 4.08. The Balaban J connectivity index is 2.08. The molecule has 1 aliphatic carbocycles. The summed E-state index contributed by atoms with van der Waals surface area (Å²) < 4.78 is 0. The Morgan fingerprint density at radius 1 is 1.03 bits per heavy atom. The smallest absolute Gasteiger partial charge is 0.335 e. The first-order chi connectivity index (χ1) is 13.5. The van der Waals surface area contributed by atoms with Gasteiger partial charge in [0.15, 0.2) is 0 Å². The monoisotopic (exact) mass is 389 g/mol. The number of aromatic carboxylic acids is 1. The molecule has 0 bridgehead atoms. The third-order valence-electron chi connectivity index (χ3n) is 6.11. The molecule has 0 amide bonds. The van der Waals surface area contributed by atoms with Crippen LogP contribution in [0.2, 0.25) is 0 Å². The molecular formula is C24H27N3O2. The molecule has 0 radical (unpaired) electrons. The van der Waals surface area contributed by atoms with E-state index in [0.717, 1.165) is 17.6 Å². The van der Waals surface area contributed by atoms with Gasteiger partial charge in [0, 0.05) is 10.6 Å². The minimum absolute atomic E-state index is 0.0972. The van der Waals surface area contributed by atoms with E-state index in [1.807, 2.05) is 13.0 Å². The Bertz CT molecular complexity index is 1060. The topological polar surface area (TPSA) is 86.1 Å². The summed E-state index contributed by atoms with van der Waals surface area (Å²) in [4.78, 5) is 14.1. The molecule has 2 aromatic carbocycles. The number of carboxylic acids is 1. The summed E-state index contributed by atoms with van der Waals surface area (Å²) in [7, 11) is 0. The van der Waals surface area contributed by atoms with Crippen LogP contribution < -0.4 is 0 Å². The average molecular weight is 389 g/mol. The maximum Gasteiger partial charge on any atom is 0.335 e. The lowest BCUT2D eigenvalue weighted by molar-refractivity contribution is 0.0697. The quantitative estimate of drug-likeness (QED) is 0.259. The summed E-state index contributed by atoms with van der Waals surface area (Å²) in [6.07, 6.45) is 4.27.